The van der Waals surface area contributed by atoms with E-state index in [0.717, 1.165) is 16.3 Å². The Hall–Kier alpha value is -0.770. The van der Waals surface area contributed by atoms with Crippen molar-refractivity contribution in [2.24, 2.45) is 0 Å². The third-order valence-corrected chi connectivity index (χ3v) is 2.64. The molecule has 3 nitrogen and oxygen atoms in total. The number of hydrogen-bond donors (Lipinski definition) is 0. The van der Waals surface area contributed by atoms with Crippen LogP contribution in [-0.2, 0) is 9.47 Å². The van der Waals surface area contributed by atoms with Gasteiger partial charge in [0.25, 0.3) is 0 Å². The molecule has 0 atom stereocenters. The second-order valence-corrected chi connectivity index (χ2v) is 3.97. The summed E-state index contributed by atoms with van der Waals surface area (Å²) in [5, 5.41) is 0.739. The highest BCUT2D eigenvalue weighted by atomic mass is 35.5. The Bertz CT molecular complexity index is 335. The summed E-state index contributed by atoms with van der Waals surface area (Å²) in [6, 6.07) is 5.56. The van der Waals surface area contributed by atoms with Crippen molar-refractivity contribution in [1.82, 2.24) is 0 Å². The molecule has 0 spiro atoms. The highest BCUT2D eigenvalue weighted by molar-refractivity contribution is 6.31. The Kier molecular flexibility index (Phi) is 6.34. The van der Waals surface area contributed by atoms with E-state index in [-0.39, 0.29) is 6.29 Å². The minimum Gasteiger partial charge on any atom is -0.488 e. The molecule has 0 heterocycles. The molecule has 96 valence electrons. The molecule has 0 aliphatic heterocycles. The van der Waals surface area contributed by atoms with E-state index in [0.29, 0.717) is 19.8 Å². The standard InChI is InChI=1S/C13H19ClO3/c1-4-15-13(16-5-2)9-17-11-6-7-12(14)10(3)8-11/h6-8,13H,4-5,9H2,1-3H3. The topological polar surface area (TPSA) is 27.7 Å². The van der Waals surface area contributed by atoms with E-state index in [4.69, 9.17) is 25.8 Å². The van der Waals surface area contributed by atoms with E-state index >= 15 is 0 Å². The van der Waals surface area contributed by atoms with Gasteiger partial charge in [0.1, 0.15) is 12.4 Å². The van der Waals surface area contributed by atoms with Gasteiger partial charge in [-0.05, 0) is 44.5 Å². The maximum Gasteiger partial charge on any atom is 0.191 e. The van der Waals surface area contributed by atoms with Gasteiger partial charge < -0.3 is 14.2 Å². The first-order valence-corrected chi connectivity index (χ1v) is 6.17. The third kappa shape index (κ3) is 4.94. The van der Waals surface area contributed by atoms with Gasteiger partial charge in [0, 0.05) is 18.2 Å². The third-order valence-electron chi connectivity index (χ3n) is 2.22. The lowest BCUT2D eigenvalue weighted by molar-refractivity contribution is -0.152. The van der Waals surface area contributed by atoms with Crippen molar-refractivity contribution >= 4 is 11.6 Å². The maximum absolute atomic E-state index is 5.94. The lowest BCUT2D eigenvalue weighted by atomic mass is 10.2. The zero-order valence-electron chi connectivity index (χ0n) is 10.5. The zero-order valence-corrected chi connectivity index (χ0v) is 11.3. The summed E-state index contributed by atoms with van der Waals surface area (Å²) < 4.78 is 16.4. The van der Waals surface area contributed by atoms with E-state index in [9.17, 15) is 0 Å². The minimum absolute atomic E-state index is 0.319. The molecule has 0 aromatic heterocycles. The van der Waals surface area contributed by atoms with Crippen molar-refractivity contribution in [3.63, 3.8) is 0 Å². The summed E-state index contributed by atoms with van der Waals surface area (Å²) in [6.45, 7) is 7.39. The number of benzene rings is 1. The molecular formula is C13H19ClO3. The fourth-order valence-corrected chi connectivity index (χ4v) is 1.50. The van der Waals surface area contributed by atoms with Gasteiger partial charge >= 0.3 is 0 Å². The van der Waals surface area contributed by atoms with Crippen LogP contribution in [0.4, 0.5) is 0 Å². The molecule has 0 fully saturated rings. The van der Waals surface area contributed by atoms with Crippen LogP contribution in [0.15, 0.2) is 18.2 Å². The smallest absolute Gasteiger partial charge is 0.191 e. The first kappa shape index (κ1) is 14.3. The quantitative estimate of drug-likeness (QED) is 0.702. The number of halogens is 1. The van der Waals surface area contributed by atoms with Gasteiger partial charge in [-0.3, -0.25) is 0 Å². The molecule has 0 N–H and O–H groups in total. The molecule has 1 aromatic carbocycles. The predicted octanol–water partition coefficient (Wildman–Crippen LogP) is 3.43. The molecule has 0 aliphatic carbocycles. The summed E-state index contributed by atoms with van der Waals surface area (Å²) in [6.07, 6.45) is -0.319. The molecule has 0 saturated heterocycles. The van der Waals surface area contributed by atoms with Crippen LogP contribution in [0.25, 0.3) is 0 Å². The molecule has 0 amide bonds. The number of aryl methyl sites for hydroxylation is 1. The van der Waals surface area contributed by atoms with Crippen LogP contribution in [0.2, 0.25) is 5.02 Å². The Balaban J connectivity index is 2.49. The molecule has 1 rings (SSSR count). The van der Waals surface area contributed by atoms with Crippen molar-refractivity contribution in [2.45, 2.75) is 27.1 Å². The lowest BCUT2D eigenvalue weighted by Crippen LogP contribution is -2.25. The summed E-state index contributed by atoms with van der Waals surface area (Å²) in [4.78, 5) is 0. The Morgan fingerprint density at radius 3 is 2.35 bits per heavy atom. The van der Waals surface area contributed by atoms with Crippen LogP contribution in [0.1, 0.15) is 19.4 Å². The van der Waals surface area contributed by atoms with Gasteiger partial charge in [-0.15, -0.1) is 0 Å². The molecule has 0 saturated carbocycles. The van der Waals surface area contributed by atoms with Gasteiger partial charge in [0.15, 0.2) is 6.29 Å². The van der Waals surface area contributed by atoms with E-state index < -0.39 is 0 Å². The number of hydrogen-bond acceptors (Lipinski definition) is 3. The van der Waals surface area contributed by atoms with E-state index in [1.165, 1.54) is 0 Å². The predicted molar refractivity (Wildman–Crippen MR) is 68.7 cm³/mol. The van der Waals surface area contributed by atoms with Gasteiger partial charge in [-0.2, -0.15) is 0 Å². The fourth-order valence-electron chi connectivity index (χ4n) is 1.39. The Labute approximate surface area is 108 Å². The maximum atomic E-state index is 5.94. The van der Waals surface area contributed by atoms with Crippen molar-refractivity contribution in [3.05, 3.63) is 28.8 Å². The number of rotatable bonds is 7. The van der Waals surface area contributed by atoms with E-state index in [2.05, 4.69) is 0 Å². The van der Waals surface area contributed by atoms with Crippen LogP contribution in [-0.4, -0.2) is 26.1 Å². The molecule has 4 heteroatoms. The normalized spacial score (nSPS) is 10.9. The summed E-state index contributed by atoms with van der Waals surface area (Å²) in [5.41, 5.74) is 0.994. The fraction of sp³-hybridized carbons (Fsp3) is 0.538. The SMILES string of the molecule is CCOC(COc1ccc(Cl)c(C)c1)OCC. The van der Waals surface area contributed by atoms with Crippen LogP contribution < -0.4 is 4.74 Å². The first-order chi connectivity index (χ1) is 8.17. The second-order valence-electron chi connectivity index (χ2n) is 3.56. The molecule has 0 unspecified atom stereocenters. The summed E-state index contributed by atoms with van der Waals surface area (Å²) in [7, 11) is 0. The molecule has 17 heavy (non-hydrogen) atoms. The molecular weight excluding hydrogens is 240 g/mol. The van der Waals surface area contributed by atoms with Crippen LogP contribution in [0, 0.1) is 6.92 Å². The summed E-state index contributed by atoms with van der Waals surface area (Å²) >= 11 is 5.94. The zero-order chi connectivity index (χ0) is 12.7. The average Bonchev–Trinajstić information content (AvgIpc) is 2.31. The molecule has 1 aromatic rings. The van der Waals surface area contributed by atoms with Crippen molar-refractivity contribution in [1.29, 1.82) is 0 Å². The largest absolute Gasteiger partial charge is 0.488 e. The van der Waals surface area contributed by atoms with Crippen molar-refractivity contribution in [3.8, 4) is 5.75 Å². The van der Waals surface area contributed by atoms with Crippen LogP contribution in [0.3, 0.4) is 0 Å². The van der Waals surface area contributed by atoms with Gasteiger partial charge in [0.2, 0.25) is 0 Å². The highest BCUT2D eigenvalue weighted by Gasteiger charge is 2.09. The van der Waals surface area contributed by atoms with E-state index in [1.807, 2.05) is 39.0 Å². The lowest BCUT2D eigenvalue weighted by Gasteiger charge is -2.17. The monoisotopic (exact) mass is 258 g/mol. The summed E-state index contributed by atoms with van der Waals surface area (Å²) in [5.74, 6) is 0.774. The van der Waals surface area contributed by atoms with E-state index in [1.54, 1.807) is 0 Å². The molecule has 0 bridgehead atoms. The van der Waals surface area contributed by atoms with Crippen LogP contribution in [0.5, 0.6) is 5.75 Å². The second kappa shape index (κ2) is 7.54. The van der Waals surface area contributed by atoms with Gasteiger partial charge in [0.05, 0.1) is 0 Å². The molecule has 0 aliphatic rings. The highest BCUT2D eigenvalue weighted by Crippen LogP contribution is 2.21. The minimum atomic E-state index is -0.319. The van der Waals surface area contributed by atoms with Crippen LogP contribution >= 0.6 is 11.6 Å². The van der Waals surface area contributed by atoms with Crippen molar-refractivity contribution < 1.29 is 14.2 Å². The van der Waals surface area contributed by atoms with Gasteiger partial charge in [-0.25, -0.2) is 0 Å². The number of ether oxygens (including phenoxy) is 3. The first-order valence-electron chi connectivity index (χ1n) is 5.79. The van der Waals surface area contributed by atoms with Gasteiger partial charge in [-0.1, -0.05) is 11.6 Å². The van der Waals surface area contributed by atoms with Crippen molar-refractivity contribution in [2.75, 3.05) is 19.8 Å². The average molecular weight is 259 g/mol. The Morgan fingerprint density at radius 1 is 1.18 bits per heavy atom. The Morgan fingerprint density at radius 2 is 1.82 bits per heavy atom. The molecule has 0 radical (unpaired) electrons.